The van der Waals surface area contributed by atoms with E-state index in [4.69, 9.17) is 0 Å². The lowest BCUT2D eigenvalue weighted by molar-refractivity contribution is 0.216. The predicted octanol–water partition coefficient (Wildman–Crippen LogP) is 1.45. The van der Waals surface area contributed by atoms with Gasteiger partial charge in [0.25, 0.3) is 10.2 Å². The molecule has 0 aromatic carbocycles. The molecule has 0 amide bonds. The molecule has 118 valence electrons. The van der Waals surface area contributed by atoms with E-state index in [1.807, 2.05) is 27.8 Å². The highest BCUT2D eigenvalue weighted by Crippen LogP contribution is 2.25. The highest BCUT2D eigenvalue weighted by Gasteiger charge is 2.37. The monoisotopic (exact) mass is 303 g/mol. The summed E-state index contributed by atoms with van der Waals surface area (Å²) in [6.07, 6.45) is 3.49. The quantitative estimate of drug-likeness (QED) is 0.756. The third-order valence-electron chi connectivity index (χ3n) is 3.71. The zero-order chi connectivity index (χ0) is 15.4. The fourth-order valence-corrected chi connectivity index (χ4v) is 4.54. The van der Waals surface area contributed by atoms with Crippen molar-refractivity contribution in [3.05, 3.63) is 12.7 Å². The maximum atomic E-state index is 12.8. The third-order valence-corrected chi connectivity index (χ3v) is 5.99. The number of piperidine rings is 1. The van der Waals surface area contributed by atoms with E-state index in [9.17, 15) is 8.42 Å². The Kier molecular flexibility index (Phi) is 6.19. The van der Waals surface area contributed by atoms with E-state index in [0.29, 0.717) is 25.6 Å². The number of rotatable bonds is 6. The van der Waals surface area contributed by atoms with Gasteiger partial charge in [-0.2, -0.15) is 17.0 Å². The SMILES string of the molecule is C=CCN(C(C)(C)C)S(=O)(=O)N1CCC(CNC)CC1. The van der Waals surface area contributed by atoms with E-state index < -0.39 is 15.7 Å². The van der Waals surface area contributed by atoms with Gasteiger partial charge in [-0.05, 0) is 53.1 Å². The van der Waals surface area contributed by atoms with Crippen LogP contribution in [0.4, 0.5) is 0 Å². The molecule has 1 aliphatic rings. The first-order valence-corrected chi connectivity index (χ1v) is 8.66. The highest BCUT2D eigenvalue weighted by atomic mass is 32.2. The van der Waals surface area contributed by atoms with Crippen molar-refractivity contribution < 1.29 is 8.42 Å². The molecule has 0 aliphatic carbocycles. The van der Waals surface area contributed by atoms with Gasteiger partial charge in [-0.3, -0.25) is 0 Å². The maximum Gasteiger partial charge on any atom is 0.282 e. The first-order chi connectivity index (χ1) is 9.23. The second kappa shape index (κ2) is 7.02. The fraction of sp³-hybridized carbons (Fsp3) is 0.857. The van der Waals surface area contributed by atoms with Crippen molar-refractivity contribution in [2.45, 2.75) is 39.2 Å². The van der Waals surface area contributed by atoms with Crippen LogP contribution >= 0.6 is 0 Å². The smallest absolute Gasteiger partial charge is 0.282 e. The summed E-state index contributed by atoms with van der Waals surface area (Å²) in [5.41, 5.74) is -0.436. The Hall–Kier alpha value is -0.430. The normalized spacial score (nSPS) is 19.4. The Balaban J connectivity index is 2.80. The van der Waals surface area contributed by atoms with Crippen LogP contribution in [0.2, 0.25) is 0 Å². The fourth-order valence-electron chi connectivity index (χ4n) is 2.60. The lowest BCUT2D eigenvalue weighted by atomic mass is 9.98. The van der Waals surface area contributed by atoms with Gasteiger partial charge < -0.3 is 5.32 Å². The van der Waals surface area contributed by atoms with E-state index in [0.717, 1.165) is 19.4 Å². The Labute approximate surface area is 124 Å². The third kappa shape index (κ3) is 4.28. The van der Waals surface area contributed by atoms with Crippen LogP contribution in [0, 0.1) is 5.92 Å². The van der Waals surface area contributed by atoms with Crippen LogP contribution in [0.15, 0.2) is 12.7 Å². The Morgan fingerprint density at radius 3 is 2.30 bits per heavy atom. The molecule has 0 bridgehead atoms. The Morgan fingerprint density at radius 2 is 1.90 bits per heavy atom. The summed E-state index contributed by atoms with van der Waals surface area (Å²) < 4.78 is 28.7. The Morgan fingerprint density at radius 1 is 1.35 bits per heavy atom. The Bertz CT molecular complexity index is 407. The minimum atomic E-state index is -3.41. The molecule has 1 aliphatic heterocycles. The van der Waals surface area contributed by atoms with Gasteiger partial charge in [-0.25, -0.2) is 0 Å². The van der Waals surface area contributed by atoms with Crippen LogP contribution < -0.4 is 5.32 Å². The molecule has 0 aromatic rings. The van der Waals surface area contributed by atoms with Gasteiger partial charge in [0.15, 0.2) is 0 Å². The standard InChI is InChI=1S/C14H29N3O2S/c1-6-9-17(14(2,3)4)20(18,19)16-10-7-13(8-11-16)12-15-5/h6,13,15H,1,7-12H2,2-5H3. The van der Waals surface area contributed by atoms with Crippen molar-refractivity contribution in [2.75, 3.05) is 33.2 Å². The average molecular weight is 303 g/mol. The molecule has 0 radical (unpaired) electrons. The van der Waals surface area contributed by atoms with Crippen molar-refractivity contribution in [3.8, 4) is 0 Å². The first-order valence-electron chi connectivity index (χ1n) is 7.27. The zero-order valence-corrected chi connectivity index (χ0v) is 14.0. The molecule has 6 heteroatoms. The number of hydrogen-bond donors (Lipinski definition) is 1. The predicted molar refractivity (Wildman–Crippen MR) is 83.8 cm³/mol. The minimum Gasteiger partial charge on any atom is -0.319 e. The van der Waals surface area contributed by atoms with Gasteiger partial charge in [-0.15, -0.1) is 6.58 Å². The van der Waals surface area contributed by atoms with Crippen molar-refractivity contribution in [1.82, 2.24) is 13.9 Å². The summed E-state index contributed by atoms with van der Waals surface area (Å²) in [5.74, 6) is 0.578. The highest BCUT2D eigenvalue weighted by molar-refractivity contribution is 7.86. The zero-order valence-electron chi connectivity index (χ0n) is 13.2. The molecule has 0 atom stereocenters. The van der Waals surface area contributed by atoms with Gasteiger partial charge in [0.05, 0.1) is 0 Å². The summed E-state index contributed by atoms with van der Waals surface area (Å²) in [6.45, 7) is 12.0. The van der Waals surface area contributed by atoms with Crippen molar-refractivity contribution in [2.24, 2.45) is 5.92 Å². The van der Waals surface area contributed by atoms with Gasteiger partial charge in [0.1, 0.15) is 0 Å². The van der Waals surface area contributed by atoms with Crippen LogP contribution in [0.25, 0.3) is 0 Å². The number of nitrogens with one attached hydrogen (secondary N) is 1. The lowest BCUT2D eigenvalue weighted by Gasteiger charge is -2.40. The lowest BCUT2D eigenvalue weighted by Crippen LogP contribution is -2.54. The molecular weight excluding hydrogens is 274 g/mol. The molecule has 1 rings (SSSR count). The van der Waals surface area contributed by atoms with Crippen LogP contribution in [-0.4, -0.2) is 55.8 Å². The largest absolute Gasteiger partial charge is 0.319 e. The van der Waals surface area contributed by atoms with Crippen LogP contribution in [0.5, 0.6) is 0 Å². The van der Waals surface area contributed by atoms with Gasteiger partial charge in [0, 0.05) is 25.2 Å². The van der Waals surface area contributed by atoms with Crippen molar-refractivity contribution in [1.29, 1.82) is 0 Å². The van der Waals surface area contributed by atoms with Crippen LogP contribution in [0.1, 0.15) is 33.6 Å². The molecule has 1 saturated heterocycles. The topological polar surface area (TPSA) is 52.7 Å². The minimum absolute atomic E-state index is 0.349. The van der Waals surface area contributed by atoms with E-state index >= 15 is 0 Å². The van der Waals surface area contributed by atoms with E-state index in [1.54, 1.807) is 10.4 Å². The number of nitrogens with zero attached hydrogens (tertiary/aromatic N) is 2. The molecule has 0 spiro atoms. The van der Waals surface area contributed by atoms with Crippen molar-refractivity contribution in [3.63, 3.8) is 0 Å². The second-order valence-electron chi connectivity index (χ2n) is 6.40. The van der Waals surface area contributed by atoms with Gasteiger partial charge >= 0.3 is 0 Å². The average Bonchev–Trinajstić information content (AvgIpc) is 2.35. The molecule has 1 fully saturated rings. The summed E-state index contributed by atoms with van der Waals surface area (Å²) in [6, 6.07) is 0. The maximum absolute atomic E-state index is 12.8. The van der Waals surface area contributed by atoms with Crippen LogP contribution in [0.3, 0.4) is 0 Å². The number of hydrogen-bond acceptors (Lipinski definition) is 3. The summed E-state index contributed by atoms with van der Waals surface area (Å²) in [4.78, 5) is 0. The molecule has 1 heterocycles. The molecule has 20 heavy (non-hydrogen) atoms. The van der Waals surface area contributed by atoms with E-state index in [1.165, 1.54) is 4.31 Å². The molecule has 1 N–H and O–H groups in total. The summed E-state index contributed by atoms with van der Waals surface area (Å²) in [7, 11) is -1.47. The summed E-state index contributed by atoms with van der Waals surface area (Å²) in [5, 5.41) is 3.17. The molecule has 0 unspecified atom stereocenters. The van der Waals surface area contributed by atoms with Crippen LogP contribution in [-0.2, 0) is 10.2 Å². The van der Waals surface area contributed by atoms with Gasteiger partial charge in [-0.1, -0.05) is 6.08 Å². The second-order valence-corrected chi connectivity index (χ2v) is 8.25. The molecule has 0 aromatic heterocycles. The van der Waals surface area contributed by atoms with Crippen molar-refractivity contribution >= 4 is 10.2 Å². The van der Waals surface area contributed by atoms with E-state index in [-0.39, 0.29) is 0 Å². The molecular formula is C14H29N3O2S. The molecule has 5 nitrogen and oxygen atoms in total. The first kappa shape index (κ1) is 17.6. The molecule has 0 saturated carbocycles. The van der Waals surface area contributed by atoms with E-state index in [2.05, 4.69) is 11.9 Å². The summed E-state index contributed by atoms with van der Waals surface area (Å²) >= 11 is 0. The van der Waals surface area contributed by atoms with Gasteiger partial charge in [0.2, 0.25) is 0 Å².